The first-order valence-corrected chi connectivity index (χ1v) is 8.98. The van der Waals surface area contributed by atoms with E-state index in [2.05, 4.69) is 5.32 Å². The normalized spacial score (nSPS) is 10.3. The van der Waals surface area contributed by atoms with Crippen molar-refractivity contribution < 1.29 is 14.3 Å². The molecule has 0 radical (unpaired) electrons. The standard InChI is InChI=1S/C22H20ClNO3/c1-16-10-11-18(15-21(16)23)24-22(25)17-6-5-9-20(14-17)27-13-12-26-19-7-3-2-4-8-19/h2-11,14-15H,12-13H2,1H3,(H,24,25). The van der Waals surface area contributed by atoms with Crippen LogP contribution in [0.1, 0.15) is 15.9 Å². The molecule has 0 unspecified atom stereocenters. The number of halogens is 1. The second-order valence-corrected chi connectivity index (χ2v) is 6.36. The van der Waals surface area contributed by atoms with Gasteiger partial charge >= 0.3 is 0 Å². The van der Waals surface area contributed by atoms with Gasteiger partial charge in [-0.1, -0.05) is 41.9 Å². The first kappa shape index (κ1) is 18.8. The van der Waals surface area contributed by atoms with Crippen molar-refractivity contribution in [1.29, 1.82) is 0 Å². The maximum Gasteiger partial charge on any atom is 0.255 e. The van der Waals surface area contributed by atoms with Gasteiger partial charge < -0.3 is 14.8 Å². The monoisotopic (exact) mass is 381 g/mol. The maximum atomic E-state index is 12.4. The number of benzene rings is 3. The van der Waals surface area contributed by atoms with Crippen molar-refractivity contribution in [2.75, 3.05) is 18.5 Å². The number of carbonyl (C=O) groups excluding carboxylic acids is 1. The highest BCUT2D eigenvalue weighted by atomic mass is 35.5. The van der Waals surface area contributed by atoms with Crippen molar-refractivity contribution in [2.45, 2.75) is 6.92 Å². The smallest absolute Gasteiger partial charge is 0.255 e. The van der Waals surface area contributed by atoms with Gasteiger partial charge in [0.1, 0.15) is 24.7 Å². The summed E-state index contributed by atoms with van der Waals surface area (Å²) in [6.45, 7) is 2.71. The van der Waals surface area contributed by atoms with Gasteiger partial charge in [-0.3, -0.25) is 4.79 Å². The fourth-order valence-corrected chi connectivity index (χ4v) is 2.62. The van der Waals surface area contributed by atoms with Gasteiger partial charge in [0, 0.05) is 16.3 Å². The highest BCUT2D eigenvalue weighted by Gasteiger charge is 2.08. The van der Waals surface area contributed by atoms with Crippen LogP contribution in [-0.2, 0) is 0 Å². The lowest BCUT2D eigenvalue weighted by Crippen LogP contribution is -2.13. The first-order valence-electron chi connectivity index (χ1n) is 8.60. The lowest BCUT2D eigenvalue weighted by molar-refractivity contribution is 0.102. The van der Waals surface area contributed by atoms with E-state index < -0.39 is 0 Å². The van der Waals surface area contributed by atoms with Gasteiger partial charge in [0.2, 0.25) is 0 Å². The van der Waals surface area contributed by atoms with E-state index in [1.165, 1.54) is 0 Å². The van der Waals surface area contributed by atoms with Crippen LogP contribution in [0, 0.1) is 6.92 Å². The summed E-state index contributed by atoms with van der Waals surface area (Å²) in [6, 6.07) is 22.0. The third-order valence-electron chi connectivity index (χ3n) is 3.89. The van der Waals surface area contributed by atoms with Gasteiger partial charge in [0.15, 0.2) is 0 Å². The van der Waals surface area contributed by atoms with E-state index >= 15 is 0 Å². The molecular weight excluding hydrogens is 362 g/mol. The predicted octanol–water partition coefficient (Wildman–Crippen LogP) is 5.36. The molecule has 0 aliphatic rings. The molecule has 3 aromatic rings. The Morgan fingerprint density at radius 2 is 1.59 bits per heavy atom. The molecule has 0 spiro atoms. The molecule has 0 aliphatic heterocycles. The second kappa shape index (κ2) is 9.10. The van der Waals surface area contributed by atoms with Crippen LogP contribution in [0.2, 0.25) is 5.02 Å². The van der Waals surface area contributed by atoms with E-state index in [1.807, 2.05) is 55.5 Å². The zero-order chi connectivity index (χ0) is 19.1. The lowest BCUT2D eigenvalue weighted by atomic mass is 10.2. The molecule has 0 heterocycles. The molecule has 1 amide bonds. The van der Waals surface area contributed by atoms with Crippen LogP contribution in [0.5, 0.6) is 11.5 Å². The lowest BCUT2D eigenvalue weighted by Gasteiger charge is -2.10. The van der Waals surface area contributed by atoms with Gasteiger partial charge in [-0.05, 0) is 55.0 Å². The van der Waals surface area contributed by atoms with E-state index in [0.717, 1.165) is 11.3 Å². The van der Waals surface area contributed by atoms with Gasteiger partial charge in [0.25, 0.3) is 5.91 Å². The zero-order valence-corrected chi connectivity index (χ0v) is 15.7. The number of amides is 1. The molecule has 5 heteroatoms. The van der Waals surface area contributed by atoms with E-state index in [1.54, 1.807) is 24.3 Å². The van der Waals surface area contributed by atoms with Crippen molar-refractivity contribution >= 4 is 23.2 Å². The van der Waals surface area contributed by atoms with Crippen LogP contribution in [0.15, 0.2) is 72.8 Å². The Labute approximate surface area is 163 Å². The Hall–Kier alpha value is -2.98. The number of hydrogen-bond acceptors (Lipinski definition) is 3. The Balaban J connectivity index is 1.54. The van der Waals surface area contributed by atoms with Crippen molar-refractivity contribution in [3.63, 3.8) is 0 Å². The minimum atomic E-state index is -0.221. The molecule has 0 aromatic heterocycles. The molecule has 0 aliphatic carbocycles. The van der Waals surface area contributed by atoms with Crippen LogP contribution in [-0.4, -0.2) is 19.1 Å². The summed E-state index contributed by atoms with van der Waals surface area (Å²) in [5.41, 5.74) is 2.12. The minimum absolute atomic E-state index is 0.221. The van der Waals surface area contributed by atoms with Crippen LogP contribution in [0.4, 0.5) is 5.69 Å². The fraction of sp³-hybridized carbons (Fsp3) is 0.136. The fourth-order valence-electron chi connectivity index (χ4n) is 2.44. The summed E-state index contributed by atoms with van der Waals surface area (Å²) < 4.78 is 11.3. The minimum Gasteiger partial charge on any atom is -0.490 e. The van der Waals surface area contributed by atoms with E-state index in [4.69, 9.17) is 21.1 Å². The van der Waals surface area contributed by atoms with Gasteiger partial charge in [-0.15, -0.1) is 0 Å². The summed E-state index contributed by atoms with van der Waals surface area (Å²) in [6.07, 6.45) is 0. The number of ether oxygens (including phenoxy) is 2. The number of hydrogen-bond donors (Lipinski definition) is 1. The molecule has 3 aromatic carbocycles. The molecule has 0 fully saturated rings. The highest BCUT2D eigenvalue weighted by molar-refractivity contribution is 6.31. The van der Waals surface area contributed by atoms with Crippen LogP contribution < -0.4 is 14.8 Å². The van der Waals surface area contributed by atoms with Gasteiger partial charge in [0.05, 0.1) is 0 Å². The number of rotatable bonds is 7. The quantitative estimate of drug-likeness (QED) is 0.560. The van der Waals surface area contributed by atoms with Crippen molar-refractivity contribution in [3.05, 3.63) is 88.9 Å². The number of para-hydroxylation sites is 1. The molecule has 138 valence electrons. The number of carbonyl (C=O) groups is 1. The summed E-state index contributed by atoms with van der Waals surface area (Å²) in [4.78, 5) is 12.4. The molecule has 0 saturated carbocycles. The Morgan fingerprint density at radius 3 is 2.33 bits per heavy atom. The number of aryl methyl sites for hydroxylation is 1. The Kier molecular flexibility index (Phi) is 6.34. The van der Waals surface area contributed by atoms with Crippen LogP contribution in [0.3, 0.4) is 0 Å². The molecule has 1 N–H and O–H groups in total. The molecule has 0 bridgehead atoms. The van der Waals surface area contributed by atoms with Gasteiger partial charge in [-0.2, -0.15) is 0 Å². The molecular formula is C22H20ClNO3. The SMILES string of the molecule is Cc1ccc(NC(=O)c2cccc(OCCOc3ccccc3)c2)cc1Cl. The van der Waals surface area contributed by atoms with Crippen molar-refractivity contribution in [1.82, 2.24) is 0 Å². The predicted molar refractivity (Wildman–Crippen MR) is 108 cm³/mol. The van der Waals surface area contributed by atoms with E-state index in [0.29, 0.717) is 35.2 Å². The topological polar surface area (TPSA) is 47.6 Å². The summed E-state index contributed by atoms with van der Waals surface area (Å²) >= 11 is 6.10. The highest BCUT2D eigenvalue weighted by Crippen LogP contribution is 2.21. The average molecular weight is 382 g/mol. The maximum absolute atomic E-state index is 12.4. The van der Waals surface area contributed by atoms with E-state index in [9.17, 15) is 4.79 Å². The second-order valence-electron chi connectivity index (χ2n) is 5.96. The van der Waals surface area contributed by atoms with Crippen LogP contribution >= 0.6 is 11.6 Å². The summed E-state index contributed by atoms with van der Waals surface area (Å²) in [5.74, 6) is 1.19. The third kappa shape index (κ3) is 5.50. The van der Waals surface area contributed by atoms with E-state index in [-0.39, 0.29) is 5.91 Å². The molecule has 4 nitrogen and oxygen atoms in total. The number of anilines is 1. The van der Waals surface area contributed by atoms with Crippen molar-refractivity contribution in [2.24, 2.45) is 0 Å². The Bertz CT molecular complexity index is 912. The summed E-state index contributed by atoms with van der Waals surface area (Å²) in [5, 5.41) is 3.45. The first-order chi connectivity index (χ1) is 13.1. The van der Waals surface area contributed by atoms with Gasteiger partial charge in [-0.25, -0.2) is 0 Å². The third-order valence-corrected chi connectivity index (χ3v) is 4.30. The average Bonchev–Trinajstić information content (AvgIpc) is 2.69. The zero-order valence-electron chi connectivity index (χ0n) is 14.9. The Morgan fingerprint density at radius 1 is 0.889 bits per heavy atom. The summed E-state index contributed by atoms with van der Waals surface area (Å²) in [7, 11) is 0. The molecule has 27 heavy (non-hydrogen) atoms. The molecule has 3 rings (SSSR count). The largest absolute Gasteiger partial charge is 0.490 e. The molecule has 0 saturated heterocycles. The number of nitrogens with one attached hydrogen (secondary N) is 1. The van der Waals surface area contributed by atoms with Crippen LogP contribution in [0.25, 0.3) is 0 Å². The van der Waals surface area contributed by atoms with Crippen molar-refractivity contribution in [3.8, 4) is 11.5 Å². The molecule has 0 atom stereocenters.